The minimum Gasteiger partial charge on any atom is -0.497 e. The van der Waals surface area contributed by atoms with Gasteiger partial charge in [0.15, 0.2) is 5.11 Å². The lowest BCUT2D eigenvalue weighted by Crippen LogP contribution is -2.30. The van der Waals surface area contributed by atoms with Gasteiger partial charge in [-0.1, -0.05) is 30.3 Å². The second kappa shape index (κ2) is 8.48. The number of ether oxygens (including phenoxy) is 1. The highest BCUT2D eigenvalue weighted by molar-refractivity contribution is 7.80. The number of hydrogen-bond donors (Lipinski definition) is 1. The molecule has 0 aliphatic carbocycles. The second-order valence-electron chi connectivity index (χ2n) is 7.77. The fraction of sp³-hybridized carbons (Fsp3) is 0.154. The molecular formula is C26H24N4OS. The Kier molecular flexibility index (Phi) is 5.37. The van der Waals surface area contributed by atoms with Crippen molar-refractivity contribution in [3.8, 4) is 11.4 Å². The topological polar surface area (TPSA) is 42.3 Å². The molecule has 1 saturated heterocycles. The van der Waals surface area contributed by atoms with Crippen LogP contribution in [0.3, 0.4) is 0 Å². The van der Waals surface area contributed by atoms with E-state index < -0.39 is 0 Å². The number of nitrogens with one attached hydrogen (secondary N) is 1. The Morgan fingerprint density at radius 3 is 2.44 bits per heavy atom. The molecular weight excluding hydrogens is 416 g/mol. The number of hydrogen-bond acceptors (Lipinski definition) is 3. The van der Waals surface area contributed by atoms with E-state index in [1.54, 1.807) is 7.11 Å². The smallest absolute Gasteiger partial charge is 0.174 e. The molecule has 2 aromatic carbocycles. The SMILES string of the molecule is COc1cccc(N2C(=S)NC(c3ccccn3)C2c2ccc(C)n2-c2ccccc2)c1. The molecule has 4 aromatic rings. The second-order valence-corrected chi connectivity index (χ2v) is 8.16. The van der Waals surface area contributed by atoms with Crippen molar-refractivity contribution >= 4 is 23.0 Å². The number of anilines is 1. The monoisotopic (exact) mass is 440 g/mol. The van der Waals surface area contributed by atoms with Crippen LogP contribution in [0.2, 0.25) is 0 Å². The summed E-state index contributed by atoms with van der Waals surface area (Å²) >= 11 is 5.86. The van der Waals surface area contributed by atoms with Gasteiger partial charge in [-0.05, 0) is 67.7 Å². The number of pyridine rings is 1. The van der Waals surface area contributed by atoms with E-state index in [0.29, 0.717) is 5.11 Å². The third kappa shape index (κ3) is 3.52. The molecule has 1 fully saturated rings. The molecule has 1 N–H and O–H groups in total. The van der Waals surface area contributed by atoms with Gasteiger partial charge in [-0.3, -0.25) is 4.98 Å². The van der Waals surface area contributed by atoms with Crippen LogP contribution in [0.1, 0.15) is 29.2 Å². The standard InChI is InChI=1S/C26H24N4OS/c1-18-14-15-23(29(18)19-9-4-3-5-10-19)25-24(22-13-6-7-16-27-22)28-26(32)30(25)20-11-8-12-21(17-20)31-2/h3-17,24-25H,1-2H3,(H,28,32). The van der Waals surface area contributed by atoms with Gasteiger partial charge in [0.25, 0.3) is 0 Å². The normalized spacial score (nSPS) is 17.9. The summed E-state index contributed by atoms with van der Waals surface area (Å²) < 4.78 is 7.79. The van der Waals surface area contributed by atoms with Gasteiger partial charge in [0, 0.05) is 35.0 Å². The Labute approximate surface area is 193 Å². The molecule has 160 valence electrons. The molecule has 0 radical (unpaired) electrons. The van der Waals surface area contributed by atoms with Crippen LogP contribution in [0, 0.1) is 6.92 Å². The molecule has 3 heterocycles. The number of methoxy groups -OCH3 is 1. The van der Waals surface area contributed by atoms with Crippen LogP contribution in [0.15, 0.2) is 91.1 Å². The molecule has 5 rings (SSSR count). The Hall–Kier alpha value is -3.64. The molecule has 2 aromatic heterocycles. The van der Waals surface area contributed by atoms with Crippen molar-refractivity contribution in [2.45, 2.75) is 19.0 Å². The zero-order valence-corrected chi connectivity index (χ0v) is 18.8. The lowest BCUT2D eigenvalue weighted by Gasteiger charge is -2.29. The van der Waals surface area contributed by atoms with Gasteiger partial charge < -0.3 is 19.5 Å². The summed E-state index contributed by atoms with van der Waals surface area (Å²) in [6.45, 7) is 2.13. The summed E-state index contributed by atoms with van der Waals surface area (Å²) in [6, 6.07) is 28.6. The molecule has 2 atom stereocenters. The van der Waals surface area contributed by atoms with Gasteiger partial charge >= 0.3 is 0 Å². The first-order chi connectivity index (χ1) is 15.7. The van der Waals surface area contributed by atoms with Gasteiger partial charge in [-0.15, -0.1) is 0 Å². The molecule has 0 amide bonds. The van der Waals surface area contributed by atoms with Gasteiger partial charge in [0.2, 0.25) is 0 Å². The molecule has 0 spiro atoms. The van der Waals surface area contributed by atoms with Crippen molar-refractivity contribution in [3.63, 3.8) is 0 Å². The Balaban J connectivity index is 1.70. The maximum Gasteiger partial charge on any atom is 0.174 e. The quantitative estimate of drug-likeness (QED) is 0.423. The van der Waals surface area contributed by atoms with E-state index in [4.69, 9.17) is 17.0 Å². The minimum absolute atomic E-state index is 0.0987. The Bertz CT molecular complexity index is 1240. The molecule has 2 unspecified atom stereocenters. The van der Waals surface area contributed by atoms with Crippen LogP contribution in [0.25, 0.3) is 5.69 Å². The van der Waals surface area contributed by atoms with E-state index in [0.717, 1.165) is 34.2 Å². The average Bonchev–Trinajstić information content (AvgIpc) is 3.39. The van der Waals surface area contributed by atoms with Gasteiger partial charge in [-0.2, -0.15) is 0 Å². The van der Waals surface area contributed by atoms with Crippen molar-refractivity contribution < 1.29 is 4.74 Å². The van der Waals surface area contributed by atoms with E-state index in [1.165, 1.54) is 0 Å². The van der Waals surface area contributed by atoms with E-state index >= 15 is 0 Å². The van der Waals surface area contributed by atoms with Crippen LogP contribution in [-0.2, 0) is 0 Å². The van der Waals surface area contributed by atoms with Crippen molar-refractivity contribution in [2.24, 2.45) is 0 Å². The minimum atomic E-state index is -0.105. The van der Waals surface area contributed by atoms with Gasteiger partial charge in [0.1, 0.15) is 11.8 Å². The number of aryl methyl sites for hydroxylation is 1. The molecule has 0 saturated carbocycles. The van der Waals surface area contributed by atoms with Crippen LogP contribution in [0.4, 0.5) is 5.69 Å². The van der Waals surface area contributed by atoms with Crippen molar-refractivity contribution in [2.75, 3.05) is 12.0 Å². The largest absolute Gasteiger partial charge is 0.497 e. The van der Waals surface area contributed by atoms with E-state index in [-0.39, 0.29) is 12.1 Å². The fourth-order valence-corrected chi connectivity index (χ4v) is 4.76. The highest BCUT2D eigenvalue weighted by Crippen LogP contribution is 2.43. The van der Waals surface area contributed by atoms with Gasteiger partial charge in [-0.25, -0.2) is 0 Å². The van der Waals surface area contributed by atoms with E-state index in [9.17, 15) is 0 Å². The summed E-state index contributed by atoms with van der Waals surface area (Å²) in [5.41, 5.74) is 5.34. The molecule has 6 heteroatoms. The number of aromatic nitrogens is 2. The van der Waals surface area contributed by atoms with E-state index in [1.807, 2.05) is 48.7 Å². The highest BCUT2D eigenvalue weighted by atomic mass is 32.1. The number of thiocarbonyl (C=S) groups is 1. The van der Waals surface area contributed by atoms with Crippen molar-refractivity contribution in [1.82, 2.24) is 14.9 Å². The maximum atomic E-state index is 5.86. The fourth-order valence-electron chi connectivity index (χ4n) is 4.41. The third-order valence-corrected chi connectivity index (χ3v) is 6.17. The third-order valence-electron chi connectivity index (χ3n) is 5.85. The summed E-state index contributed by atoms with van der Waals surface area (Å²) in [4.78, 5) is 6.83. The predicted molar refractivity (Wildman–Crippen MR) is 131 cm³/mol. The summed E-state index contributed by atoms with van der Waals surface area (Å²) in [5.74, 6) is 0.792. The van der Waals surface area contributed by atoms with Crippen LogP contribution >= 0.6 is 12.2 Å². The summed E-state index contributed by atoms with van der Waals surface area (Å²) in [6.07, 6.45) is 1.83. The number of nitrogens with zero attached hydrogens (tertiary/aromatic N) is 3. The first-order valence-corrected chi connectivity index (χ1v) is 11.0. The Morgan fingerprint density at radius 2 is 1.69 bits per heavy atom. The summed E-state index contributed by atoms with van der Waals surface area (Å²) in [7, 11) is 1.68. The maximum absolute atomic E-state index is 5.86. The molecule has 32 heavy (non-hydrogen) atoms. The van der Waals surface area contributed by atoms with Crippen LogP contribution in [-0.4, -0.2) is 21.8 Å². The van der Waals surface area contributed by atoms with Crippen LogP contribution < -0.4 is 15.0 Å². The predicted octanol–water partition coefficient (Wildman–Crippen LogP) is 5.37. The molecule has 5 nitrogen and oxygen atoms in total. The zero-order valence-electron chi connectivity index (χ0n) is 18.0. The van der Waals surface area contributed by atoms with E-state index in [2.05, 4.69) is 69.2 Å². The lowest BCUT2D eigenvalue weighted by molar-refractivity contribution is 0.414. The first kappa shape index (κ1) is 20.3. The van der Waals surface area contributed by atoms with Crippen molar-refractivity contribution in [3.05, 3.63) is 108 Å². The lowest BCUT2D eigenvalue weighted by atomic mass is 10.0. The van der Waals surface area contributed by atoms with Crippen molar-refractivity contribution in [1.29, 1.82) is 0 Å². The molecule has 0 bridgehead atoms. The molecule has 1 aliphatic rings. The number of para-hydroxylation sites is 1. The number of benzene rings is 2. The average molecular weight is 441 g/mol. The highest BCUT2D eigenvalue weighted by Gasteiger charge is 2.42. The molecule has 1 aliphatic heterocycles. The van der Waals surface area contributed by atoms with Crippen LogP contribution in [0.5, 0.6) is 5.75 Å². The summed E-state index contributed by atoms with van der Waals surface area (Å²) in [5, 5.41) is 4.20. The zero-order chi connectivity index (χ0) is 22.1. The Morgan fingerprint density at radius 1 is 0.906 bits per heavy atom. The number of rotatable bonds is 5. The first-order valence-electron chi connectivity index (χ1n) is 10.6. The van der Waals surface area contributed by atoms with Gasteiger partial charge in [0.05, 0.1) is 18.8 Å².